The Labute approximate surface area is 109 Å². The summed E-state index contributed by atoms with van der Waals surface area (Å²) in [5.74, 6) is -4.66. The number of rotatable bonds is 3. The molecule has 0 aromatic heterocycles. The maximum atomic E-state index is 14.4. The third kappa shape index (κ3) is 2.21. The Morgan fingerprint density at radius 3 is 2.42 bits per heavy atom. The predicted octanol–water partition coefficient (Wildman–Crippen LogP) is 0.761. The van der Waals surface area contributed by atoms with Gasteiger partial charge >= 0.3 is 0 Å². The van der Waals surface area contributed by atoms with Crippen LogP contribution in [-0.4, -0.2) is 31.0 Å². The first kappa shape index (κ1) is 13.9. The highest BCUT2D eigenvalue weighted by molar-refractivity contribution is 7.89. The Kier molecular flexibility index (Phi) is 3.31. The summed E-state index contributed by atoms with van der Waals surface area (Å²) < 4.78 is 52.0. The lowest BCUT2D eigenvalue weighted by atomic mass is 10.2. The standard InChI is InChI=1S/C11H12F2N2O3S/c12-8-2-4-9(5-3-8)19(17,18)15-7-1-6-11(15,13)10(14)16/h2-5H,1,6-7H2,(H2,14,16). The van der Waals surface area contributed by atoms with Crippen molar-refractivity contribution in [1.82, 2.24) is 4.31 Å². The quantitative estimate of drug-likeness (QED) is 0.835. The summed E-state index contributed by atoms with van der Waals surface area (Å²) in [6.45, 7) is -0.140. The first-order valence-corrected chi connectivity index (χ1v) is 7.00. The molecule has 0 radical (unpaired) electrons. The lowest BCUT2D eigenvalue weighted by molar-refractivity contribution is -0.135. The van der Waals surface area contributed by atoms with E-state index in [-0.39, 0.29) is 24.3 Å². The maximum absolute atomic E-state index is 14.4. The van der Waals surface area contributed by atoms with E-state index in [1.54, 1.807) is 0 Å². The van der Waals surface area contributed by atoms with E-state index in [1.807, 2.05) is 0 Å². The molecule has 5 nitrogen and oxygen atoms in total. The zero-order valence-electron chi connectivity index (χ0n) is 9.84. The second-order valence-electron chi connectivity index (χ2n) is 4.26. The number of amides is 1. The molecule has 1 aromatic rings. The number of carbonyl (C=O) groups is 1. The minimum absolute atomic E-state index is 0.140. The second-order valence-corrected chi connectivity index (χ2v) is 6.12. The van der Waals surface area contributed by atoms with Crippen LogP contribution in [0, 0.1) is 5.82 Å². The Balaban J connectivity index is 2.45. The lowest BCUT2D eigenvalue weighted by Gasteiger charge is -2.27. The Bertz CT molecular complexity index is 603. The van der Waals surface area contributed by atoms with Crippen LogP contribution in [0.15, 0.2) is 29.2 Å². The van der Waals surface area contributed by atoms with E-state index >= 15 is 0 Å². The van der Waals surface area contributed by atoms with Crippen LogP contribution in [0.4, 0.5) is 8.78 Å². The molecule has 0 spiro atoms. The van der Waals surface area contributed by atoms with E-state index in [2.05, 4.69) is 0 Å². The summed E-state index contributed by atoms with van der Waals surface area (Å²) >= 11 is 0. The number of halogens is 2. The van der Waals surface area contributed by atoms with E-state index in [1.165, 1.54) is 0 Å². The molecule has 0 aliphatic carbocycles. The first-order chi connectivity index (χ1) is 8.78. The van der Waals surface area contributed by atoms with Gasteiger partial charge in [-0.05, 0) is 30.7 Å². The molecule has 104 valence electrons. The highest BCUT2D eigenvalue weighted by Crippen LogP contribution is 2.35. The molecule has 1 amide bonds. The summed E-state index contributed by atoms with van der Waals surface area (Å²) in [5, 5.41) is 0. The van der Waals surface area contributed by atoms with E-state index in [0.29, 0.717) is 4.31 Å². The molecule has 19 heavy (non-hydrogen) atoms. The summed E-state index contributed by atoms with van der Waals surface area (Å²) in [6, 6.07) is 3.94. The van der Waals surface area contributed by atoms with Crippen LogP contribution in [0.3, 0.4) is 0 Å². The molecule has 1 heterocycles. The van der Waals surface area contributed by atoms with Crippen molar-refractivity contribution < 1.29 is 22.0 Å². The molecule has 0 saturated carbocycles. The number of primary amides is 1. The monoisotopic (exact) mass is 290 g/mol. The van der Waals surface area contributed by atoms with E-state index in [0.717, 1.165) is 24.3 Å². The number of benzene rings is 1. The fourth-order valence-corrected chi connectivity index (χ4v) is 3.72. The average Bonchev–Trinajstić information content (AvgIpc) is 2.74. The third-order valence-corrected chi connectivity index (χ3v) is 4.96. The molecule has 1 atom stereocenters. The molecule has 1 saturated heterocycles. The van der Waals surface area contributed by atoms with Crippen LogP contribution in [-0.2, 0) is 14.8 Å². The van der Waals surface area contributed by atoms with Crippen LogP contribution < -0.4 is 5.73 Å². The molecule has 1 aliphatic heterocycles. The summed E-state index contributed by atoms with van der Waals surface area (Å²) in [7, 11) is -4.22. The topological polar surface area (TPSA) is 80.5 Å². The number of sulfonamides is 1. The first-order valence-electron chi connectivity index (χ1n) is 5.56. The van der Waals surface area contributed by atoms with Crippen LogP contribution in [0.1, 0.15) is 12.8 Å². The maximum Gasteiger partial charge on any atom is 0.271 e. The van der Waals surface area contributed by atoms with Gasteiger partial charge < -0.3 is 5.73 Å². The smallest absolute Gasteiger partial charge is 0.271 e. The minimum Gasteiger partial charge on any atom is -0.366 e. The Hall–Kier alpha value is -1.54. The number of carbonyl (C=O) groups excluding carboxylic acids is 1. The van der Waals surface area contributed by atoms with Gasteiger partial charge in [0.2, 0.25) is 10.0 Å². The second kappa shape index (κ2) is 4.53. The van der Waals surface area contributed by atoms with Gasteiger partial charge in [0.1, 0.15) is 5.82 Å². The van der Waals surface area contributed by atoms with Crippen LogP contribution in [0.25, 0.3) is 0 Å². The van der Waals surface area contributed by atoms with Crippen molar-refractivity contribution in [2.75, 3.05) is 6.54 Å². The molecular weight excluding hydrogens is 278 g/mol. The van der Waals surface area contributed by atoms with Gasteiger partial charge in [0.05, 0.1) is 4.90 Å². The van der Waals surface area contributed by atoms with Gasteiger partial charge in [-0.25, -0.2) is 17.2 Å². The summed E-state index contributed by atoms with van der Waals surface area (Å²) in [4.78, 5) is 10.9. The van der Waals surface area contributed by atoms with Crippen LogP contribution in [0.2, 0.25) is 0 Å². The van der Waals surface area contributed by atoms with Gasteiger partial charge in [-0.3, -0.25) is 4.79 Å². The van der Waals surface area contributed by atoms with E-state index < -0.39 is 27.5 Å². The average molecular weight is 290 g/mol. The van der Waals surface area contributed by atoms with E-state index in [4.69, 9.17) is 5.73 Å². The largest absolute Gasteiger partial charge is 0.366 e. The van der Waals surface area contributed by atoms with Gasteiger partial charge in [0.25, 0.3) is 11.7 Å². The van der Waals surface area contributed by atoms with E-state index in [9.17, 15) is 22.0 Å². The molecular formula is C11H12F2N2O3S. The normalized spacial score (nSPS) is 24.5. The Morgan fingerprint density at radius 1 is 1.32 bits per heavy atom. The molecule has 0 bridgehead atoms. The van der Waals surface area contributed by atoms with Crippen molar-refractivity contribution in [3.8, 4) is 0 Å². The van der Waals surface area contributed by atoms with Crippen molar-refractivity contribution in [2.45, 2.75) is 23.5 Å². The van der Waals surface area contributed by atoms with Crippen molar-refractivity contribution in [1.29, 1.82) is 0 Å². The predicted molar refractivity (Wildman–Crippen MR) is 62.6 cm³/mol. The lowest BCUT2D eigenvalue weighted by Crippen LogP contribution is -2.52. The zero-order valence-corrected chi connectivity index (χ0v) is 10.7. The number of nitrogens with two attached hydrogens (primary N) is 1. The molecule has 1 aliphatic rings. The van der Waals surface area contributed by atoms with Crippen LogP contribution in [0.5, 0.6) is 0 Å². The molecule has 2 N–H and O–H groups in total. The molecule has 1 unspecified atom stereocenters. The summed E-state index contributed by atoms with van der Waals surface area (Å²) in [5.41, 5.74) is 4.94. The summed E-state index contributed by atoms with van der Waals surface area (Å²) in [6.07, 6.45) is -0.0807. The van der Waals surface area contributed by atoms with Gasteiger partial charge in [0, 0.05) is 13.0 Å². The molecule has 1 fully saturated rings. The number of alkyl halides is 1. The number of nitrogens with zero attached hydrogens (tertiary/aromatic N) is 1. The Morgan fingerprint density at radius 2 is 1.89 bits per heavy atom. The fourth-order valence-electron chi connectivity index (χ4n) is 2.05. The highest BCUT2D eigenvalue weighted by Gasteiger charge is 2.52. The zero-order chi connectivity index (χ0) is 14.3. The van der Waals surface area contributed by atoms with Crippen molar-refractivity contribution >= 4 is 15.9 Å². The van der Waals surface area contributed by atoms with Gasteiger partial charge in [-0.1, -0.05) is 0 Å². The molecule has 8 heteroatoms. The third-order valence-electron chi connectivity index (χ3n) is 3.04. The SMILES string of the molecule is NC(=O)C1(F)CCCN1S(=O)(=O)c1ccc(F)cc1. The molecule has 1 aromatic carbocycles. The number of hydrogen-bond acceptors (Lipinski definition) is 3. The van der Waals surface area contributed by atoms with Crippen LogP contribution >= 0.6 is 0 Å². The molecule has 2 rings (SSSR count). The van der Waals surface area contributed by atoms with Gasteiger partial charge in [0.15, 0.2) is 0 Å². The van der Waals surface area contributed by atoms with Gasteiger partial charge in [-0.2, -0.15) is 4.31 Å². The number of hydrogen-bond donors (Lipinski definition) is 1. The fraction of sp³-hybridized carbons (Fsp3) is 0.364. The van der Waals surface area contributed by atoms with Crippen molar-refractivity contribution in [3.63, 3.8) is 0 Å². The van der Waals surface area contributed by atoms with Crippen molar-refractivity contribution in [3.05, 3.63) is 30.1 Å². The van der Waals surface area contributed by atoms with Gasteiger partial charge in [-0.15, -0.1) is 0 Å². The minimum atomic E-state index is -4.22. The highest BCUT2D eigenvalue weighted by atomic mass is 32.2. The van der Waals surface area contributed by atoms with Crippen molar-refractivity contribution in [2.24, 2.45) is 5.73 Å².